The van der Waals surface area contributed by atoms with Crippen LogP contribution in [0.3, 0.4) is 0 Å². The number of H-pyrrole nitrogens is 1. The highest BCUT2D eigenvalue weighted by molar-refractivity contribution is 14.1. The standard InChI is InChI=1S/C13H9FIN3O2/c1-18(13(19)20)10-3-6(14)2-8-9-4-7(15)5-16-12(9)17-11(8)10/h2-5H,1H3,(H,16,17)(H,19,20). The molecule has 3 rings (SSSR count). The van der Waals surface area contributed by atoms with Gasteiger partial charge in [0.15, 0.2) is 0 Å². The molecule has 0 spiro atoms. The largest absolute Gasteiger partial charge is 0.465 e. The maximum Gasteiger partial charge on any atom is 0.411 e. The van der Waals surface area contributed by atoms with Crippen molar-refractivity contribution in [2.75, 3.05) is 11.9 Å². The third-order valence-electron chi connectivity index (χ3n) is 3.12. The molecule has 0 aliphatic rings. The van der Waals surface area contributed by atoms with E-state index < -0.39 is 11.9 Å². The zero-order valence-electron chi connectivity index (χ0n) is 10.3. The molecule has 0 bridgehead atoms. The van der Waals surface area contributed by atoms with Crippen molar-refractivity contribution in [1.82, 2.24) is 9.97 Å². The molecule has 0 fully saturated rings. The summed E-state index contributed by atoms with van der Waals surface area (Å²) < 4.78 is 14.7. The Morgan fingerprint density at radius 3 is 2.85 bits per heavy atom. The van der Waals surface area contributed by atoms with Crippen LogP contribution in [0, 0.1) is 9.39 Å². The molecule has 0 unspecified atom stereocenters. The molecule has 102 valence electrons. The van der Waals surface area contributed by atoms with E-state index in [1.54, 1.807) is 6.20 Å². The molecule has 3 aromatic rings. The Labute approximate surface area is 126 Å². The van der Waals surface area contributed by atoms with E-state index in [4.69, 9.17) is 5.11 Å². The second kappa shape index (κ2) is 4.58. The molecule has 0 aliphatic heterocycles. The highest BCUT2D eigenvalue weighted by Gasteiger charge is 2.17. The molecular formula is C13H9FIN3O2. The zero-order valence-corrected chi connectivity index (χ0v) is 12.5. The van der Waals surface area contributed by atoms with Crippen molar-refractivity contribution in [3.8, 4) is 0 Å². The Kier molecular flexibility index (Phi) is 3.00. The Bertz CT molecular complexity index is 846. The summed E-state index contributed by atoms with van der Waals surface area (Å²) in [6.07, 6.45) is 0.535. The van der Waals surface area contributed by atoms with Crippen LogP contribution in [-0.2, 0) is 0 Å². The number of anilines is 1. The van der Waals surface area contributed by atoms with Crippen LogP contribution in [0.25, 0.3) is 21.9 Å². The number of benzene rings is 1. The monoisotopic (exact) mass is 385 g/mol. The normalized spacial score (nSPS) is 11.2. The number of fused-ring (bicyclic) bond motifs is 3. The van der Waals surface area contributed by atoms with Gasteiger partial charge in [-0.2, -0.15) is 0 Å². The minimum atomic E-state index is -1.15. The first-order valence-electron chi connectivity index (χ1n) is 5.70. The molecule has 0 saturated carbocycles. The third-order valence-corrected chi connectivity index (χ3v) is 3.71. The molecule has 0 saturated heterocycles. The predicted octanol–water partition coefficient (Wildman–Crippen LogP) is 3.57. The zero-order chi connectivity index (χ0) is 14.4. The van der Waals surface area contributed by atoms with Gasteiger partial charge in [-0.25, -0.2) is 14.2 Å². The van der Waals surface area contributed by atoms with Gasteiger partial charge >= 0.3 is 6.09 Å². The Morgan fingerprint density at radius 1 is 1.40 bits per heavy atom. The van der Waals surface area contributed by atoms with E-state index in [1.165, 1.54) is 19.2 Å². The molecule has 7 heteroatoms. The van der Waals surface area contributed by atoms with Gasteiger partial charge in [0.2, 0.25) is 0 Å². The summed E-state index contributed by atoms with van der Waals surface area (Å²) in [4.78, 5) is 19.4. The van der Waals surface area contributed by atoms with Gasteiger partial charge in [0.25, 0.3) is 0 Å². The first-order chi connectivity index (χ1) is 9.47. The Hall–Kier alpha value is -1.90. The van der Waals surface area contributed by atoms with Crippen LogP contribution in [0.5, 0.6) is 0 Å². The third kappa shape index (κ3) is 1.98. The van der Waals surface area contributed by atoms with E-state index in [1.807, 2.05) is 6.07 Å². The van der Waals surface area contributed by atoms with Crippen LogP contribution in [-0.4, -0.2) is 28.2 Å². The average Bonchev–Trinajstić information content (AvgIpc) is 2.75. The molecule has 1 amide bonds. The Morgan fingerprint density at radius 2 is 2.15 bits per heavy atom. The van der Waals surface area contributed by atoms with Crippen molar-refractivity contribution in [2.24, 2.45) is 0 Å². The van der Waals surface area contributed by atoms with Crippen molar-refractivity contribution in [3.05, 3.63) is 33.8 Å². The van der Waals surface area contributed by atoms with Gasteiger partial charge in [0.1, 0.15) is 11.5 Å². The summed E-state index contributed by atoms with van der Waals surface area (Å²) in [6.45, 7) is 0. The van der Waals surface area contributed by atoms with Gasteiger partial charge in [-0.3, -0.25) is 4.90 Å². The van der Waals surface area contributed by atoms with Gasteiger partial charge in [-0.15, -0.1) is 0 Å². The van der Waals surface area contributed by atoms with Crippen LogP contribution in [0.4, 0.5) is 14.9 Å². The topological polar surface area (TPSA) is 69.2 Å². The van der Waals surface area contributed by atoms with Crippen molar-refractivity contribution in [1.29, 1.82) is 0 Å². The Balaban J connectivity index is 2.42. The van der Waals surface area contributed by atoms with Gasteiger partial charge in [-0.1, -0.05) is 0 Å². The van der Waals surface area contributed by atoms with Crippen LogP contribution in [0.1, 0.15) is 0 Å². The maximum absolute atomic E-state index is 13.8. The summed E-state index contributed by atoms with van der Waals surface area (Å²) >= 11 is 2.12. The first kappa shape index (κ1) is 13.1. The number of carbonyl (C=O) groups is 1. The molecular weight excluding hydrogens is 376 g/mol. The fourth-order valence-electron chi connectivity index (χ4n) is 2.17. The minimum absolute atomic E-state index is 0.264. The van der Waals surface area contributed by atoms with E-state index in [-0.39, 0.29) is 5.69 Å². The highest BCUT2D eigenvalue weighted by atomic mass is 127. The average molecular weight is 385 g/mol. The van der Waals surface area contributed by atoms with Crippen molar-refractivity contribution in [2.45, 2.75) is 0 Å². The molecule has 0 aliphatic carbocycles. The molecule has 0 atom stereocenters. The second-order valence-corrected chi connectivity index (χ2v) is 5.61. The van der Waals surface area contributed by atoms with E-state index in [0.717, 1.165) is 13.9 Å². The number of pyridine rings is 1. The summed E-state index contributed by atoms with van der Waals surface area (Å²) in [5, 5.41) is 10.5. The quantitative estimate of drug-likeness (QED) is 0.630. The number of nitrogens with one attached hydrogen (secondary N) is 1. The number of nitrogens with zero attached hydrogens (tertiary/aromatic N) is 2. The van der Waals surface area contributed by atoms with Crippen molar-refractivity contribution >= 4 is 56.3 Å². The second-order valence-electron chi connectivity index (χ2n) is 4.36. The van der Waals surface area contributed by atoms with Gasteiger partial charge in [0, 0.05) is 27.6 Å². The van der Waals surface area contributed by atoms with E-state index >= 15 is 0 Å². The van der Waals surface area contributed by atoms with Crippen LogP contribution < -0.4 is 4.90 Å². The molecule has 5 nitrogen and oxygen atoms in total. The highest BCUT2D eigenvalue weighted by Crippen LogP contribution is 2.32. The van der Waals surface area contributed by atoms with Gasteiger partial charge in [0.05, 0.1) is 11.2 Å². The number of hydrogen-bond acceptors (Lipinski definition) is 2. The number of halogens is 2. The molecule has 0 radical (unpaired) electrons. The van der Waals surface area contributed by atoms with Crippen molar-refractivity contribution in [3.63, 3.8) is 0 Å². The summed E-state index contributed by atoms with van der Waals surface area (Å²) in [5.41, 5.74) is 1.42. The molecule has 2 N–H and O–H groups in total. The van der Waals surface area contributed by atoms with Gasteiger partial charge in [-0.05, 0) is 40.8 Å². The lowest BCUT2D eigenvalue weighted by Gasteiger charge is -2.14. The molecule has 20 heavy (non-hydrogen) atoms. The maximum atomic E-state index is 13.8. The van der Waals surface area contributed by atoms with Crippen LogP contribution >= 0.6 is 22.6 Å². The van der Waals surface area contributed by atoms with E-state index in [2.05, 4.69) is 32.6 Å². The SMILES string of the molecule is CN(C(=O)O)c1cc(F)cc2c1[nH]c1ncc(I)cc12. The molecule has 2 heterocycles. The number of hydrogen-bond donors (Lipinski definition) is 2. The minimum Gasteiger partial charge on any atom is -0.465 e. The van der Waals surface area contributed by atoms with Crippen LogP contribution in [0.2, 0.25) is 0 Å². The molecule has 2 aromatic heterocycles. The molecule has 1 aromatic carbocycles. The van der Waals surface area contributed by atoms with Crippen LogP contribution in [0.15, 0.2) is 24.4 Å². The summed E-state index contributed by atoms with van der Waals surface area (Å²) in [7, 11) is 1.37. The van der Waals surface area contributed by atoms with Gasteiger partial charge < -0.3 is 10.1 Å². The lowest BCUT2D eigenvalue weighted by Crippen LogP contribution is -2.24. The number of aromatic amines is 1. The summed E-state index contributed by atoms with van der Waals surface area (Å²) in [6, 6.07) is 4.45. The fraction of sp³-hybridized carbons (Fsp3) is 0.0769. The lowest BCUT2D eigenvalue weighted by atomic mass is 10.1. The summed E-state index contributed by atoms with van der Waals surface area (Å²) in [5.74, 6) is -0.486. The first-order valence-corrected chi connectivity index (χ1v) is 6.78. The smallest absolute Gasteiger partial charge is 0.411 e. The fourth-order valence-corrected chi connectivity index (χ4v) is 2.62. The number of aromatic nitrogens is 2. The van der Waals surface area contributed by atoms with Crippen molar-refractivity contribution < 1.29 is 14.3 Å². The number of carboxylic acid groups (broad SMARTS) is 1. The predicted molar refractivity (Wildman–Crippen MR) is 82.7 cm³/mol. The van der Waals surface area contributed by atoms with E-state index in [0.29, 0.717) is 16.6 Å². The number of amides is 1. The van der Waals surface area contributed by atoms with E-state index in [9.17, 15) is 9.18 Å². The number of rotatable bonds is 1. The lowest BCUT2D eigenvalue weighted by molar-refractivity contribution is 0.203.